The smallest absolute Gasteiger partial charge is 0.225 e. The molecule has 0 atom stereocenters. The van der Waals surface area contributed by atoms with Crippen LogP contribution in [-0.2, 0) is 14.6 Å². The number of nitrogens with one attached hydrogen (secondary N) is 1. The highest BCUT2D eigenvalue weighted by Gasteiger charge is 2.20. The number of aromatic nitrogens is 2. The predicted molar refractivity (Wildman–Crippen MR) is 119 cm³/mol. The van der Waals surface area contributed by atoms with E-state index in [1.807, 2.05) is 6.07 Å². The molecule has 0 spiro atoms. The van der Waals surface area contributed by atoms with Crippen LogP contribution in [0.15, 0.2) is 74.7 Å². The summed E-state index contributed by atoms with van der Waals surface area (Å²) in [6, 6.07) is 15.6. The van der Waals surface area contributed by atoms with Crippen molar-refractivity contribution >= 4 is 21.4 Å². The van der Waals surface area contributed by atoms with E-state index < -0.39 is 15.7 Å². The van der Waals surface area contributed by atoms with Crippen molar-refractivity contribution in [3.05, 3.63) is 72.1 Å². The van der Waals surface area contributed by atoms with Gasteiger partial charge < -0.3 is 14.4 Å². The third-order valence-electron chi connectivity index (χ3n) is 4.90. The van der Waals surface area contributed by atoms with Gasteiger partial charge in [0.05, 0.1) is 22.5 Å². The summed E-state index contributed by atoms with van der Waals surface area (Å²) < 4.78 is 36.3. The number of carbonyl (C=O) groups excluding carboxylic acids is 1. The normalized spacial score (nSPS) is 11.4. The number of rotatable bonds is 7. The molecule has 1 amide bonds. The molecule has 0 aliphatic heterocycles. The van der Waals surface area contributed by atoms with Crippen molar-refractivity contribution in [3.8, 4) is 22.6 Å². The lowest BCUT2D eigenvalue weighted by molar-refractivity contribution is -0.115. The Kier molecular flexibility index (Phi) is 5.91. The number of sulfone groups is 1. The Bertz CT molecular complexity index is 1360. The molecule has 0 saturated carbocycles. The molecule has 4 aromatic rings. The molecule has 0 saturated heterocycles. The number of benzene rings is 2. The maximum atomic E-state index is 13.0. The average Bonchev–Trinajstić information content (AvgIpc) is 3.45. The maximum Gasteiger partial charge on any atom is 0.225 e. The maximum absolute atomic E-state index is 13.0. The predicted octanol–water partition coefficient (Wildman–Crippen LogP) is 4.42. The second-order valence-electron chi connectivity index (χ2n) is 7.39. The van der Waals surface area contributed by atoms with Crippen LogP contribution in [0, 0.1) is 13.8 Å². The Morgan fingerprint density at radius 1 is 0.969 bits per heavy atom. The van der Waals surface area contributed by atoms with Crippen LogP contribution in [0.4, 0.5) is 5.69 Å². The van der Waals surface area contributed by atoms with Crippen LogP contribution >= 0.6 is 0 Å². The first kappa shape index (κ1) is 21.5. The Balaban J connectivity index is 1.45. The largest absolute Gasteiger partial charge is 0.356 e. The van der Waals surface area contributed by atoms with Gasteiger partial charge in [-0.3, -0.25) is 4.79 Å². The van der Waals surface area contributed by atoms with Gasteiger partial charge in [0.1, 0.15) is 0 Å². The molecule has 2 aromatic carbocycles. The number of nitrogens with zero attached hydrogens (tertiary/aromatic N) is 2. The summed E-state index contributed by atoms with van der Waals surface area (Å²) in [5, 5.41) is 10.2. The van der Waals surface area contributed by atoms with Crippen LogP contribution in [-0.4, -0.2) is 30.4 Å². The van der Waals surface area contributed by atoms with Gasteiger partial charge in [0, 0.05) is 35.4 Å². The summed E-state index contributed by atoms with van der Waals surface area (Å²) in [6.45, 7) is 3.51. The Labute approximate surface area is 185 Å². The third-order valence-corrected chi connectivity index (χ3v) is 6.75. The molecule has 0 aliphatic rings. The lowest BCUT2D eigenvalue weighted by Gasteiger charge is -2.10. The van der Waals surface area contributed by atoms with Crippen molar-refractivity contribution in [2.24, 2.45) is 0 Å². The fourth-order valence-corrected chi connectivity index (χ4v) is 4.80. The van der Waals surface area contributed by atoms with Gasteiger partial charge in [-0.05, 0) is 37.6 Å². The van der Waals surface area contributed by atoms with Crippen molar-refractivity contribution in [2.75, 3.05) is 11.1 Å². The second kappa shape index (κ2) is 8.80. The van der Waals surface area contributed by atoms with E-state index >= 15 is 0 Å². The highest BCUT2D eigenvalue weighted by atomic mass is 32.2. The number of hydrogen-bond acceptors (Lipinski definition) is 7. The van der Waals surface area contributed by atoms with E-state index in [1.54, 1.807) is 62.4 Å². The zero-order valence-corrected chi connectivity index (χ0v) is 18.3. The molecule has 164 valence electrons. The molecule has 2 aromatic heterocycles. The SMILES string of the molecule is Cc1cc(-c2ccc(C)c(S(=O)(=O)CCC(=O)Nc3cccc(-c4ccno4)c3)c2)on1. The fourth-order valence-electron chi connectivity index (χ4n) is 3.26. The molecule has 0 bridgehead atoms. The van der Waals surface area contributed by atoms with E-state index in [4.69, 9.17) is 9.05 Å². The number of hydrogen-bond donors (Lipinski definition) is 1. The third kappa shape index (κ3) is 4.78. The van der Waals surface area contributed by atoms with Gasteiger partial charge in [-0.1, -0.05) is 34.6 Å². The van der Waals surface area contributed by atoms with E-state index in [-0.39, 0.29) is 17.1 Å². The summed E-state index contributed by atoms with van der Waals surface area (Å²) in [4.78, 5) is 12.6. The van der Waals surface area contributed by atoms with Gasteiger partial charge >= 0.3 is 0 Å². The zero-order chi connectivity index (χ0) is 22.7. The van der Waals surface area contributed by atoms with Gasteiger partial charge in [0.25, 0.3) is 0 Å². The van der Waals surface area contributed by atoms with Crippen LogP contribution in [0.1, 0.15) is 17.7 Å². The van der Waals surface area contributed by atoms with E-state index in [0.717, 1.165) is 5.56 Å². The Morgan fingerprint density at radius 2 is 1.78 bits per heavy atom. The minimum Gasteiger partial charge on any atom is -0.356 e. The molecule has 1 N–H and O–H groups in total. The first-order chi connectivity index (χ1) is 15.3. The monoisotopic (exact) mass is 451 g/mol. The van der Waals surface area contributed by atoms with Crippen molar-refractivity contribution in [1.82, 2.24) is 10.3 Å². The first-order valence-corrected chi connectivity index (χ1v) is 11.6. The quantitative estimate of drug-likeness (QED) is 0.442. The van der Waals surface area contributed by atoms with Crippen molar-refractivity contribution < 1.29 is 22.3 Å². The lowest BCUT2D eigenvalue weighted by Crippen LogP contribution is -2.18. The molecule has 9 heteroatoms. The summed E-state index contributed by atoms with van der Waals surface area (Å²) in [5.41, 5.74) is 3.21. The topological polar surface area (TPSA) is 115 Å². The minimum absolute atomic E-state index is 0.171. The zero-order valence-electron chi connectivity index (χ0n) is 17.5. The first-order valence-electron chi connectivity index (χ1n) is 9.90. The average molecular weight is 452 g/mol. The molecule has 2 heterocycles. The summed E-state index contributed by atoms with van der Waals surface area (Å²) in [5.74, 6) is 0.340. The van der Waals surface area contributed by atoms with Gasteiger partial charge in [-0.15, -0.1) is 0 Å². The van der Waals surface area contributed by atoms with E-state index in [1.165, 1.54) is 6.20 Å². The lowest BCUT2D eigenvalue weighted by atomic mass is 10.1. The fraction of sp³-hybridized carbons (Fsp3) is 0.174. The summed E-state index contributed by atoms with van der Waals surface area (Å²) in [6.07, 6.45) is 1.35. The Morgan fingerprint density at radius 3 is 2.50 bits per heavy atom. The second-order valence-corrected chi connectivity index (χ2v) is 9.46. The molecule has 0 unspecified atom stereocenters. The molecule has 32 heavy (non-hydrogen) atoms. The van der Waals surface area contributed by atoms with Gasteiger partial charge in [0.15, 0.2) is 21.4 Å². The van der Waals surface area contributed by atoms with Gasteiger partial charge in [-0.25, -0.2) is 8.42 Å². The van der Waals surface area contributed by atoms with Crippen LogP contribution in [0.2, 0.25) is 0 Å². The molecule has 0 radical (unpaired) electrons. The molecular formula is C23H21N3O5S. The number of carbonyl (C=O) groups is 1. The summed E-state index contributed by atoms with van der Waals surface area (Å²) in [7, 11) is -3.69. The molecule has 0 aliphatic carbocycles. The molecular weight excluding hydrogens is 430 g/mol. The van der Waals surface area contributed by atoms with E-state index in [0.29, 0.717) is 34.0 Å². The Hall–Kier alpha value is -3.72. The van der Waals surface area contributed by atoms with Gasteiger partial charge in [-0.2, -0.15) is 0 Å². The van der Waals surface area contributed by atoms with Crippen molar-refractivity contribution in [1.29, 1.82) is 0 Å². The highest BCUT2D eigenvalue weighted by molar-refractivity contribution is 7.91. The van der Waals surface area contributed by atoms with Gasteiger partial charge in [0.2, 0.25) is 5.91 Å². The standard InChI is InChI=1S/C23H21N3O5S/c1-15-6-7-18(21-12-16(2)26-31-21)14-22(15)32(28,29)11-9-23(27)25-19-5-3-4-17(13-19)20-8-10-24-30-20/h3-8,10,12-14H,9,11H2,1-2H3,(H,25,27). The van der Waals surface area contributed by atoms with Crippen LogP contribution in [0.3, 0.4) is 0 Å². The van der Waals surface area contributed by atoms with Crippen LogP contribution in [0.25, 0.3) is 22.6 Å². The van der Waals surface area contributed by atoms with Crippen LogP contribution < -0.4 is 5.32 Å². The molecule has 0 fully saturated rings. The highest BCUT2D eigenvalue weighted by Crippen LogP contribution is 2.27. The van der Waals surface area contributed by atoms with Crippen molar-refractivity contribution in [3.63, 3.8) is 0 Å². The van der Waals surface area contributed by atoms with E-state index in [2.05, 4.69) is 15.6 Å². The van der Waals surface area contributed by atoms with E-state index in [9.17, 15) is 13.2 Å². The number of aryl methyl sites for hydroxylation is 2. The molecule has 4 rings (SSSR count). The summed E-state index contributed by atoms with van der Waals surface area (Å²) >= 11 is 0. The number of anilines is 1. The number of amides is 1. The van der Waals surface area contributed by atoms with Crippen LogP contribution in [0.5, 0.6) is 0 Å². The minimum atomic E-state index is -3.69. The van der Waals surface area contributed by atoms with Crippen molar-refractivity contribution in [2.45, 2.75) is 25.2 Å². The molecule has 8 nitrogen and oxygen atoms in total.